The van der Waals surface area contributed by atoms with Gasteiger partial charge in [0.15, 0.2) is 0 Å². The van der Waals surface area contributed by atoms with Crippen molar-refractivity contribution in [1.82, 2.24) is 9.80 Å². The van der Waals surface area contributed by atoms with Gasteiger partial charge in [-0.05, 0) is 31.7 Å². The van der Waals surface area contributed by atoms with Crippen LogP contribution in [0.1, 0.15) is 43.2 Å². The highest BCUT2D eigenvalue weighted by Gasteiger charge is 2.33. The molecule has 0 bridgehead atoms. The smallest absolute Gasteiger partial charge is 0.229 e. The maximum absolute atomic E-state index is 11.7. The summed E-state index contributed by atoms with van der Waals surface area (Å²) in [6.45, 7) is 6.70. The summed E-state index contributed by atoms with van der Waals surface area (Å²) in [6.07, 6.45) is 1.92. The van der Waals surface area contributed by atoms with Crippen molar-refractivity contribution in [3.63, 3.8) is 0 Å². The summed E-state index contributed by atoms with van der Waals surface area (Å²) in [5, 5.41) is 0. The molecule has 2 heterocycles. The van der Waals surface area contributed by atoms with Crippen molar-refractivity contribution in [2.45, 2.75) is 45.1 Å². The molecule has 22 heavy (non-hydrogen) atoms. The number of hydrogen-bond acceptors (Lipinski definition) is 3. The number of nitrogens with zero attached hydrogens (tertiary/aromatic N) is 2. The zero-order valence-corrected chi connectivity index (χ0v) is 13.4. The van der Waals surface area contributed by atoms with E-state index in [1.165, 1.54) is 16.0 Å². The molecule has 0 radical (unpaired) electrons. The van der Waals surface area contributed by atoms with Crippen LogP contribution < -0.4 is 0 Å². The summed E-state index contributed by atoms with van der Waals surface area (Å²) in [5.41, 5.74) is 2.69. The van der Waals surface area contributed by atoms with Crippen molar-refractivity contribution in [1.29, 1.82) is 0 Å². The van der Waals surface area contributed by atoms with Gasteiger partial charge in [-0.25, -0.2) is 0 Å². The van der Waals surface area contributed by atoms with Gasteiger partial charge in [0.25, 0.3) is 0 Å². The number of rotatable bonds is 4. The van der Waals surface area contributed by atoms with Crippen LogP contribution in [0.25, 0.3) is 0 Å². The predicted octanol–water partition coefficient (Wildman–Crippen LogP) is 2.32. The second-order valence-electron chi connectivity index (χ2n) is 6.63. The Morgan fingerprint density at radius 3 is 2.32 bits per heavy atom. The van der Waals surface area contributed by atoms with Crippen LogP contribution in [0.2, 0.25) is 0 Å². The number of benzene rings is 1. The summed E-state index contributed by atoms with van der Waals surface area (Å²) in [6, 6.07) is 9.29. The third-order valence-corrected chi connectivity index (χ3v) is 5.02. The molecular formula is C18H24N2O2. The molecule has 0 aliphatic carbocycles. The first-order valence-corrected chi connectivity index (χ1v) is 8.18. The van der Waals surface area contributed by atoms with Gasteiger partial charge in [-0.3, -0.25) is 19.4 Å². The summed E-state index contributed by atoms with van der Waals surface area (Å²) in [4.78, 5) is 27.2. The molecule has 3 rings (SSSR count). The van der Waals surface area contributed by atoms with E-state index in [1.54, 1.807) is 0 Å². The van der Waals surface area contributed by atoms with E-state index in [4.69, 9.17) is 0 Å². The molecule has 2 fully saturated rings. The highest BCUT2D eigenvalue weighted by molar-refractivity contribution is 6.01. The minimum absolute atomic E-state index is 0.00747. The number of carbonyl (C=O) groups is 2. The van der Waals surface area contributed by atoms with Gasteiger partial charge in [-0.2, -0.15) is 0 Å². The van der Waals surface area contributed by atoms with E-state index in [2.05, 4.69) is 43.0 Å². The van der Waals surface area contributed by atoms with Gasteiger partial charge in [0, 0.05) is 38.5 Å². The fourth-order valence-electron chi connectivity index (χ4n) is 3.59. The second-order valence-corrected chi connectivity index (χ2v) is 6.63. The van der Waals surface area contributed by atoms with E-state index in [1.807, 2.05) is 0 Å². The van der Waals surface area contributed by atoms with Crippen LogP contribution in [0.3, 0.4) is 0 Å². The van der Waals surface area contributed by atoms with E-state index >= 15 is 0 Å². The van der Waals surface area contributed by atoms with Gasteiger partial charge in [0.1, 0.15) is 0 Å². The van der Waals surface area contributed by atoms with Crippen LogP contribution in [0, 0.1) is 6.92 Å². The minimum atomic E-state index is -0.00747. The molecule has 0 saturated carbocycles. The van der Waals surface area contributed by atoms with Gasteiger partial charge in [-0.15, -0.1) is 0 Å². The second kappa shape index (κ2) is 6.21. The molecule has 4 heteroatoms. The lowest BCUT2D eigenvalue weighted by atomic mass is 9.96. The lowest BCUT2D eigenvalue weighted by molar-refractivity contribution is -0.138. The van der Waals surface area contributed by atoms with Crippen molar-refractivity contribution in [2.75, 3.05) is 19.6 Å². The lowest BCUT2D eigenvalue weighted by Gasteiger charge is -2.23. The molecule has 2 amide bonds. The maximum atomic E-state index is 11.7. The molecule has 1 aromatic rings. The monoisotopic (exact) mass is 300 g/mol. The number of amides is 2. The quantitative estimate of drug-likeness (QED) is 0.801. The highest BCUT2D eigenvalue weighted by Crippen LogP contribution is 2.31. The first-order valence-electron chi connectivity index (χ1n) is 8.18. The molecule has 0 unspecified atom stereocenters. The normalized spacial score (nSPS) is 26.2. The van der Waals surface area contributed by atoms with Gasteiger partial charge < -0.3 is 0 Å². The Morgan fingerprint density at radius 1 is 1.05 bits per heavy atom. The van der Waals surface area contributed by atoms with Gasteiger partial charge in [0.2, 0.25) is 11.8 Å². The molecule has 2 saturated heterocycles. The topological polar surface area (TPSA) is 40.6 Å². The predicted molar refractivity (Wildman–Crippen MR) is 85.5 cm³/mol. The van der Waals surface area contributed by atoms with Gasteiger partial charge in [-0.1, -0.05) is 29.8 Å². The minimum Gasteiger partial charge on any atom is -0.298 e. The Morgan fingerprint density at radius 2 is 1.68 bits per heavy atom. The summed E-state index contributed by atoms with van der Waals surface area (Å²) in [7, 11) is 0. The molecule has 4 nitrogen and oxygen atoms in total. The number of imide groups is 1. The summed E-state index contributed by atoms with van der Waals surface area (Å²) >= 11 is 0. The molecule has 2 aliphatic heterocycles. The van der Waals surface area contributed by atoms with E-state index in [-0.39, 0.29) is 11.8 Å². The third-order valence-electron chi connectivity index (χ3n) is 5.02. The molecule has 118 valence electrons. The highest BCUT2D eigenvalue weighted by atomic mass is 16.2. The van der Waals surface area contributed by atoms with Gasteiger partial charge >= 0.3 is 0 Å². The Bertz CT molecular complexity index is 551. The van der Waals surface area contributed by atoms with Crippen LogP contribution in [-0.2, 0) is 9.59 Å². The van der Waals surface area contributed by atoms with Gasteiger partial charge in [0.05, 0.1) is 0 Å². The van der Waals surface area contributed by atoms with Crippen LogP contribution in [0.4, 0.5) is 0 Å². The zero-order chi connectivity index (χ0) is 15.7. The number of carbonyl (C=O) groups excluding carboxylic acids is 2. The Balaban J connectivity index is 1.58. The van der Waals surface area contributed by atoms with Crippen molar-refractivity contribution in [3.8, 4) is 0 Å². The van der Waals surface area contributed by atoms with Crippen LogP contribution >= 0.6 is 0 Å². The summed E-state index contributed by atoms with van der Waals surface area (Å²) in [5.74, 6) is 0.541. The average molecular weight is 300 g/mol. The average Bonchev–Trinajstić information content (AvgIpc) is 3.01. The molecule has 2 aliphatic rings. The van der Waals surface area contributed by atoms with E-state index in [0.29, 0.717) is 31.3 Å². The number of likely N-dealkylation sites (tertiary alicyclic amines) is 2. The standard InChI is InChI=1S/C18H24N2O2/c1-13-3-5-15(6-4-13)16-11-14(2)19(12-16)9-10-20-17(21)7-8-18(20)22/h3-6,14,16H,7-12H2,1-2H3/t14-,16+/m0/s1. The molecule has 0 spiro atoms. The zero-order valence-electron chi connectivity index (χ0n) is 13.4. The third kappa shape index (κ3) is 3.07. The van der Waals surface area contributed by atoms with Crippen LogP contribution in [0.5, 0.6) is 0 Å². The van der Waals surface area contributed by atoms with Crippen molar-refractivity contribution in [2.24, 2.45) is 0 Å². The van der Waals surface area contributed by atoms with Crippen LogP contribution in [-0.4, -0.2) is 47.3 Å². The SMILES string of the molecule is Cc1ccc([C@@H]2C[C@H](C)N(CCN3C(=O)CCC3=O)C2)cc1. The van der Waals surface area contributed by atoms with Crippen molar-refractivity contribution >= 4 is 11.8 Å². The van der Waals surface area contributed by atoms with Crippen molar-refractivity contribution < 1.29 is 9.59 Å². The maximum Gasteiger partial charge on any atom is 0.229 e. The van der Waals surface area contributed by atoms with E-state index in [9.17, 15) is 9.59 Å². The Hall–Kier alpha value is -1.68. The van der Waals surface area contributed by atoms with Crippen molar-refractivity contribution in [3.05, 3.63) is 35.4 Å². The van der Waals surface area contributed by atoms with E-state index < -0.39 is 0 Å². The number of hydrogen-bond donors (Lipinski definition) is 0. The fourth-order valence-corrected chi connectivity index (χ4v) is 3.59. The number of aryl methyl sites for hydroxylation is 1. The van der Waals surface area contributed by atoms with E-state index in [0.717, 1.165) is 19.5 Å². The molecule has 0 aromatic heterocycles. The van der Waals surface area contributed by atoms with Crippen LogP contribution in [0.15, 0.2) is 24.3 Å². The lowest BCUT2D eigenvalue weighted by Crippen LogP contribution is -2.39. The summed E-state index contributed by atoms with van der Waals surface area (Å²) < 4.78 is 0. The fraction of sp³-hybridized carbons (Fsp3) is 0.556. The molecule has 0 N–H and O–H groups in total. The molecule has 1 aromatic carbocycles. The Labute approximate surface area is 132 Å². The largest absolute Gasteiger partial charge is 0.298 e. The Kier molecular flexibility index (Phi) is 4.30. The molecular weight excluding hydrogens is 276 g/mol. The molecule has 2 atom stereocenters. The first kappa shape index (κ1) is 15.2. The first-order chi connectivity index (χ1) is 10.5.